The molecule has 0 saturated carbocycles. The van der Waals surface area contributed by atoms with Crippen molar-refractivity contribution in [2.24, 2.45) is 12.8 Å². The Morgan fingerprint density at radius 1 is 1.21 bits per heavy atom. The molecule has 1 unspecified atom stereocenters. The van der Waals surface area contributed by atoms with Crippen molar-refractivity contribution >= 4 is 28.9 Å². The minimum absolute atomic E-state index is 0.0750. The molecular formula is C24H32N6O2S. The van der Waals surface area contributed by atoms with E-state index in [-0.39, 0.29) is 17.3 Å². The number of anilines is 1. The number of allylic oxidation sites excluding steroid dienone is 2. The van der Waals surface area contributed by atoms with Crippen molar-refractivity contribution in [2.45, 2.75) is 50.7 Å². The van der Waals surface area contributed by atoms with E-state index >= 15 is 0 Å². The quantitative estimate of drug-likeness (QED) is 0.423. The predicted octanol–water partition coefficient (Wildman–Crippen LogP) is 2.58. The van der Waals surface area contributed by atoms with Gasteiger partial charge in [0.25, 0.3) is 5.56 Å². The van der Waals surface area contributed by atoms with E-state index in [0.717, 1.165) is 29.9 Å². The molecule has 176 valence electrons. The Morgan fingerprint density at radius 2 is 1.97 bits per heavy atom. The minimum atomic E-state index is -0.338. The van der Waals surface area contributed by atoms with Gasteiger partial charge in [-0.2, -0.15) is 4.98 Å². The van der Waals surface area contributed by atoms with Crippen molar-refractivity contribution in [3.05, 3.63) is 62.8 Å². The van der Waals surface area contributed by atoms with Gasteiger partial charge in [-0.3, -0.25) is 13.9 Å². The smallest absolute Gasteiger partial charge is 0.332 e. The number of aromatic nitrogens is 4. The molecule has 2 N–H and O–H groups in total. The zero-order chi connectivity index (χ0) is 23.5. The van der Waals surface area contributed by atoms with Crippen LogP contribution in [0, 0.1) is 0 Å². The number of piperidine rings is 1. The summed E-state index contributed by atoms with van der Waals surface area (Å²) >= 11 is 1.63. The summed E-state index contributed by atoms with van der Waals surface area (Å²) in [6, 6.07) is 10.1. The Morgan fingerprint density at radius 3 is 2.67 bits per heavy atom. The highest BCUT2D eigenvalue weighted by molar-refractivity contribution is 7.99. The van der Waals surface area contributed by atoms with Crippen LogP contribution in [-0.4, -0.2) is 43.6 Å². The van der Waals surface area contributed by atoms with E-state index in [9.17, 15) is 9.59 Å². The van der Waals surface area contributed by atoms with Crippen molar-refractivity contribution in [1.29, 1.82) is 0 Å². The Hall–Kier alpha value is -2.78. The average molecular weight is 469 g/mol. The molecule has 33 heavy (non-hydrogen) atoms. The number of rotatable bonds is 7. The van der Waals surface area contributed by atoms with E-state index in [0.29, 0.717) is 42.5 Å². The Labute approximate surface area is 197 Å². The van der Waals surface area contributed by atoms with E-state index in [1.54, 1.807) is 18.8 Å². The van der Waals surface area contributed by atoms with Crippen LogP contribution in [0.3, 0.4) is 0 Å². The number of benzene rings is 1. The second-order valence-corrected chi connectivity index (χ2v) is 9.95. The van der Waals surface area contributed by atoms with Crippen molar-refractivity contribution in [3.8, 4) is 0 Å². The number of nitrogens with zero attached hydrogens (tertiary/aromatic N) is 5. The number of hydrogen-bond donors (Lipinski definition) is 1. The third-order valence-electron chi connectivity index (χ3n) is 5.96. The predicted molar refractivity (Wildman–Crippen MR) is 135 cm³/mol. The van der Waals surface area contributed by atoms with Gasteiger partial charge < -0.3 is 15.2 Å². The first-order chi connectivity index (χ1) is 15.9. The summed E-state index contributed by atoms with van der Waals surface area (Å²) in [5, 5.41) is 0. The maximum absolute atomic E-state index is 13.6. The Kier molecular flexibility index (Phi) is 7.09. The molecule has 9 heteroatoms. The van der Waals surface area contributed by atoms with Crippen LogP contribution in [0.25, 0.3) is 11.2 Å². The molecule has 2 aromatic heterocycles. The topological polar surface area (TPSA) is 91.1 Å². The van der Waals surface area contributed by atoms with Gasteiger partial charge >= 0.3 is 5.69 Å². The molecule has 1 aliphatic heterocycles. The molecule has 1 atom stereocenters. The van der Waals surface area contributed by atoms with Gasteiger partial charge in [-0.25, -0.2) is 4.79 Å². The van der Waals surface area contributed by atoms with Crippen molar-refractivity contribution < 1.29 is 0 Å². The molecular weight excluding hydrogens is 436 g/mol. The normalized spacial score (nSPS) is 16.4. The first-order valence-corrected chi connectivity index (χ1v) is 12.4. The van der Waals surface area contributed by atoms with Crippen LogP contribution in [0.15, 0.2) is 56.5 Å². The third-order valence-corrected chi connectivity index (χ3v) is 6.95. The van der Waals surface area contributed by atoms with Crippen LogP contribution in [0.4, 0.5) is 5.95 Å². The maximum Gasteiger partial charge on any atom is 0.332 e. The Bertz CT molecular complexity index is 1270. The van der Waals surface area contributed by atoms with Crippen LogP contribution in [0.1, 0.15) is 26.7 Å². The molecule has 3 heterocycles. The fourth-order valence-corrected chi connectivity index (χ4v) is 5.07. The Balaban J connectivity index is 1.77. The summed E-state index contributed by atoms with van der Waals surface area (Å²) in [7, 11) is 1.69. The number of fused-ring (bicyclic) bond motifs is 1. The standard InChI is InChI=1S/C24H32N6O2S/c1-17(2)11-13-29-20-21(26-23(29)28-12-7-8-18(25)16-28)27(3)24(32)30(22(20)31)14-15-33-19-9-5-4-6-10-19/h4-6,9-11,18H,7-8,12-16,25H2,1-3H3. The van der Waals surface area contributed by atoms with Crippen molar-refractivity contribution in [1.82, 2.24) is 18.7 Å². The average Bonchev–Trinajstić information content (AvgIpc) is 3.19. The lowest BCUT2D eigenvalue weighted by Gasteiger charge is -2.31. The molecule has 0 radical (unpaired) electrons. The molecule has 8 nitrogen and oxygen atoms in total. The number of imidazole rings is 1. The molecule has 1 saturated heterocycles. The number of aryl methyl sites for hydroxylation is 1. The SMILES string of the molecule is CC(C)=CCn1c(N2CCCC(N)C2)nc2c1c(=O)n(CCSc1ccccc1)c(=O)n2C. The lowest BCUT2D eigenvalue weighted by Crippen LogP contribution is -2.44. The summed E-state index contributed by atoms with van der Waals surface area (Å²) in [6.07, 6.45) is 4.04. The summed E-state index contributed by atoms with van der Waals surface area (Å²) in [4.78, 5) is 34.7. The number of nitrogens with two attached hydrogens (primary N) is 1. The molecule has 1 fully saturated rings. The lowest BCUT2D eigenvalue weighted by atomic mass is 10.1. The van der Waals surface area contributed by atoms with E-state index in [2.05, 4.69) is 11.0 Å². The zero-order valence-electron chi connectivity index (χ0n) is 19.5. The highest BCUT2D eigenvalue weighted by Gasteiger charge is 2.26. The summed E-state index contributed by atoms with van der Waals surface area (Å²) < 4.78 is 4.78. The monoisotopic (exact) mass is 468 g/mol. The van der Waals surface area contributed by atoms with Gasteiger partial charge in [0, 0.05) is 49.9 Å². The fraction of sp³-hybridized carbons (Fsp3) is 0.458. The van der Waals surface area contributed by atoms with Gasteiger partial charge in [0.2, 0.25) is 5.95 Å². The number of hydrogen-bond acceptors (Lipinski definition) is 6. The van der Waals surface area contributed by atoms with Crippen LogP contribution < -0.4 is 21.9 Å². The minimum Gasteiger partial charge on any atom is -0.341 e. The largest absolute Gasteiger partial charge is 0.341 e. The molecule has 0 spiro atoms. The van der Waals surface area contributed by atoms with Crippen LogP contribution in [0.2, 0.25) is 0 Å². The van der Waals surface area contributed by atoms with Gasteiger partial charge in [-0.15, -0.1) is 11.8 Å². The van der Waals surface area contributed by atoms with Crippen molar-refractivity contribution in [2.75, 3.05) is 23.7 Å². The van der Waals surface area contributed by atoms with Gasteiger partial charge in [0.1, 0.15) is 0 Å². The second-order valence-electron chi connectivity index (χ2n) is 8.78. The second kappa shape index (κ2) is 10.0. The fourth-order valence-electron chi connectivity index (χ4n) is 4.21. The van der Waals surface area contributed by atoms with Crippen LogP contribution in [0.5, 0.6) is 0 Å². The van der Waals surface area contributed by atoms with E-state index in [4.69, 9.17) is 10.7 Å². The molecule has 0 aliphatic carbocycles. The highest BCUT2D eigenvalue weighted by Crippen LogP contribution is 2.23. The first-order valence-electron chi connectivity index (χ1n) is 11.4. The maximum atomic E-state index is 13.6. The zero-order valence-corrected chi connectivity index (χ0v) is 20.3. The molecule has 3 aromatic rings. The first kappa shape index (κ1) is 23.4. The lowest BCUT2D eigenvalue weighted by molar-refractivity contribution is 0.495. The molecule has 1 aromatic carbocycles. The third kappa shape index (κ3) is 4.94. The van der Waals surface area contributed by atoms with Crippen LogP contribution in [-0.2, 0) is 20.1 Å². The summed E-state index contributed by atoms with van der Waals surface area (Å²) in [6.45, 7) is 6.44. The number of thioether (sulfide) groups is 1. The van der Waals surface area contributed by atoms with Crippen LogP contribution >= 0.6 is 11.8 Å². The van der Waals surface area contributed by atoms with E-state index < -0.39 is 0 Å². The van der Waals surface area contributed by atoms with E-state index in [1.165, 1.54) is 9.13 Å². The summed E-state index contributed by atoms with van der Waals surface area (Å²) in [5.74, 6) is 1.34. The van der Waals surface area contributed by atoms with Crippen molar-refractivity contribution in [3.63, 3.8) is 0 Å². The highest BCUT2D eigenvalue weighted by atomic mass is 32.2. The van der Waals surface area contributed by atoms with Gasteiger partial charge in [0.05, 0.1) is 0 Å². The molecule has 0 bridgehead atoms. The molecule has 0 amide bonds. The molecule has 1 aliphatic rings. The van der Waals surface area contributed by atoms with Gasteiger partial charge in [-0.1, -0.05) is 29.8 Å². The molecule has 4 rings (SSSR count). The van der Waals surface area contributed by atoms with E-state index in [1.807, 2.05) is 48.7 Å². The van der Waals surface area contributed by atoms with Gasteiger partial charge in [-0.05, 0) is 38.8 Å². The summed E-state index contributed by atoms with van der Waals surface area (Å²) in [5.41, 5.74) is 7.65. The van der Waals surface area contributed by atoms with Gasteiger partial charge in [0.15, 0.2) is 11.2 Å².